The van der Waals surface area contributed by atoms with Crippen LogP contribution in [0.1, 0.15) is 13.3 Å². The Labute approximate surface area is 125 Å². The molecule has 1 aromatic heterocycles. The lowest BCUT2D eigenvalue weighted by atomic mass is 9.92. The molecule has 0 bridgehead atoms. The number of benzene rings is 1. The largest absolute Gasteiger partial charge is 0.481 e. The van der Waals surface area contributed by atoms with E-state index >= 15 is 0 Å². The van der Waals surface area contributed by atoms with Gasteiger partial charge in [-0.1, -0.05) is 18.2 Å². The molecule has 116 valence electrons. The number of aliphatic carboxylic acids is 2. The molecule has 0 radical (unpaired) electrons. The van der Waals surface area contributed by atoms with Crippen molar-refractivity contribution in [1.82, 2.24) is 4.98 Å². The van der Waals surface area contributed by atoms with E-state index in [1.54, 1.807) is 6.07 Å². The molecule has 22 heavy (non-hydrogen) atoms. The number of anilines is 1. The molecule has 2 aromatic rings. The van der Waals surface area contributed by atoms with E-state index in [-0.39, 0.29) is 0 Å². The summed E-state index contributed by atoms with van der Waals surface area (Å²) < 4.78 is 0. The Morgan fingerprint density at radius 3 is 2.45 bits per heavy atom. The predicted octanol–water partition coefficient (Wildman–Crippen LogP) is 1.71. The van der Waals surface area contributed by atoms with Crippen LogP contribution < -0.4 is 5.32 Å². The van der Waals surface area contributed by atoms with E-state index in [4.69, 9.17) is 5.11 Å². The van der Waals surface area contributed by atoms with Crippen LogP contribution in [0.2, 0.25) is 0 Å². The van der Waals surface area contributed by atoms with E-state index in [1.807, 2.05) is 24.3 Å². The molecule has 0 saturated carbocycles. The van der Waals surface area contributed by atoms with Crippen molar-refractivity contribution in [2.24, 2.45) is 5.92 Å². The monoisotopic (exact) mass is 304 g/mol. The Kier molecular flexibility index (Phi) is 4.45. The third kappa shape index (κ3) is 3.43. The van der Waals surface area contributed by atoms with Crippen molar-refractivity contribution in [2.45, 2.75) is 19.4 Å². The van der Waals surface area contributed by atoms with Gasteiger partial charge in [-0.25, -0.2) is 4.79 Å². The topological polar surface area (TPSA) is 119 Å². The number of aromatic nitrogens is 1. The van der Waals surface area contributed by atoms with Crippen LogP contribution in [-0.4, -0.2) is 39.0 Å². The second-order valence-corrected chi connectivity index (χ2v) is 5.05. The van der Waals surface area contributed by atoms with Crippen LogP contribution in [0, 0.1) is 5.92 Å². The van der Waals surface area contributed by atoms with E-state index in [2.05, 4.69) is 10.3 Å². The SMILES string of the molecule is CC(=O)C(CC(=O)O)[C@H](Nc1cc2ccccc2[nH]1)C(=O)O. The van der Waals surface area contributed by atoms with Crippen LogP contribution in [0.5, 0.6) is 0 Å². The normalized spacial score (nSPS) is 13.5. The van der Waals surface area contributed by atoms with Gasteiger partial charge in [0.1, 0.15) is 17.6 Å². The number of hydrogen-bond donors (Lipinski definition) is 4. The number of nitrogens with one attached hydrogen (secondary N) is 2. The summed E-state index contributed by atoms with van der Waals surface area (Å²) in [6.45, 7) is 1.19. The maximum absolute atomic E-state index is 11.6. The Hall–Kier alpha value is -2.83. The molecule has 0 amide bonds. The predicted molar refractivity (Wildman–Crippen MR) is 79.8 cm³/mol. The summed E-state index contributed by atoms with van der Waals surface area (Å²) in [6, 6.07) is 7.75. The highest BCUT2D eigenvalue weighted by atomic mass is 16.4. The number of H-pyrrole nitrogens is 1. The van der Waals surface area contributed by atoms with Gasteiger partial charge in [0.05, 0.1) is 12.3 Å². The Bertz CT molecular complexity index is 689. The Balaban J connectivity index is 2.28. The highest BCUT2D eigenvalue weighted by Gasteiger charge is 2.33. The van der Waals surface area contributed by atoms with Gasteiger partial charge in [-0.05, 0) is 19.1 Å². The van der Waals surface area contributed by atoms with Gasteiger partial charge in [-0.2, -0.15) is 0 Å². The first-order valence-electron chi connectivity index (χ1n) is 6.68. The summed E-state index contributed by atoms with van der Waals surface area (Å²) in [7, 11) is 0. The maximum atomic E-state index is 11.6. The first-order chi connectivity index (χ1) is 10.4. The van der Waals surface area contributed by atoms with Crippen molar-refractivity contribution in [2.75, 3.05) is 5.32 Å². The molecule has 1 heterocycles. The lowest BCUT2D eigenvalue weighted by Gasteiger charge is -2.21. The van der Waals surface area contributed by atoms with Gasteiger partial charge in [0, 0.05) is 10.9 Å². The highest BCUT2D eigenvalue weighted by molar-refractivity contribution is 5.92. The minimum atomic E-state index is -1.32. The number of carboxylic acids is 2. The third-order valence-electron chi connectivity index (χ3n) is 3.43. The van der Waals surface area contributed by atoms with Crippen molar-refractivity contribution >= 4 is 34.4 Å². The van der Waals surface area contributed by atoms with E-state index in [0.717, 1.165) is 10.9 Å². The zero-order valence-electron chi connectivity index (χ0n) is 11.9. The first-order valence-corrected chi connectivity index (χ1v) is 6.68. The number of carbonyl (C=O) groups is 3. The van der Waals surface area contributed by atoms with Gasteiger partial charge >= 0.3 is 11.9 Å². The highest BCUT2D eigenvalue weighted by Crippen LogP contribution is 2.21. The summed E-state index contributed by atoms with van der Waals surface area (Å²) in [5, 5.41) is 21.8. The van der Waals surface area contributed by atoms with Crippen molar-refractivity contribution in [1.29, 1.82) is 0 Å². The average Bonchev–Trinajstić information content (AvgIpc) is 2.84. The fraction of sp³-hybridized carbons (Fsp3) is 0.267. The zero-order chi connectivity index (χ0) is 16.3. The van der Waals surface area contributed by atoms with E-state index < -0.39 is 36.1 Å². The van der Waals surface area contributed by atoms with E-state index in [1.165, 1.54) is 6.92 Å². The van der Waals surface area contributed by atoms with E-state index in [0.29, 0.717) is 5.82 Å². The van der Waals surface area contributed by atoms with Crippen molar-refractivity contribution in [3.05, 3.63) is 30.3 Å². The number of hydrogen-bond acceptors (Lipinski definition) is 4. The lowest BCUT2D eigenvalue weighted by Crippen LogP contribution is -2.41. The van der Waals surface area contributed by atoms with Crippen LogP contribution in [0.3, 0.4) is 0 Å². The molecule has 0 saturated heterocycles. The standard InChI is InChI=1S/C15H16N2O5/c1-8(18)10(7-13(19)20)14(15(21)22)17-12-6-9-4-2-3-5-11(9)16-12/h2-6,10,14,16-17H,7H2,1H3,(H,19,20)(H,21,22)/t10?,14-/m0/s1. The van der Waals surface area contributed by atoms with Crippen LogP contribution in [-0.2, 0) is 14.4 Å². The summed E-state index contributed by atoms with van der Waals surface area (Å²) in [6.07, 6.45) is -0.542. The minimum absolute atomic E-state index is 0.422. The van der Waals surface area contributed by atoms with Gasteiger partial charge in [-0.3, -0.25) is 9.59 Å². The van der Waals surface area contributed by atoms with Gasteiger partial charge in [0.15, 0.2) is 0 Å². The molecule has 1 unspecified atom stereocenters. The second-order valence-electron chi connectivity index (χ2n) is 5.05. The third-order valence-corrected chi connectivity index (χ3v) is 3.43. The van der Waals surface area contributed by atoms with Crippen LogP contribution in [0.4, 0.5) is 5.82 Å². The number of Topliss-reactive ketones (excluding diaryl/α,β-unsaturated/α-hetero) is 1. The molecule has 0 fully saturated rings. The molecular formula is C15H16N2O5. The smallest absolute Gasteiger partial charge is 0.326 e. The average molecular weight is 304 g/mol. The van der Waals surface area contributed by atoms with E-state index in [9.17, 15) is 19.5 Å². The summed E-state index contributed by atoms with van der Waals surface area (Å²) >= 11 is 0. The maximum Gasteiger partial charge on any atom is 0.326 e. The zero-order valence-corrected chi connectivity index (χ0v) is 11.9. The molecule has 2 rings (SSSR count). The Morgan fingerprint density at radius 2 is 1.91 bits per heavy atom. The quantitative estimate of drug-likeness (QED) is 0.618. The van der Waals surface area contributed by atoms with Gasteiger partial charge in [0.2, 0.25) is 0 Å². The molecule has 4 N–H and O–H groups in total. The molecule has 7 nitrogen and oxygen atoms in total. The number of para-hydroxylation sites is 1. The van der Waals surface area contributed by atoms with Crippen molar-refractivity contribution < 1.29 is 24.6 Å². The number of ketones is 1. The van der Waals surface area contributed by atoms with Crippen LogP contribution in [0.25, 0.3) is 10.9 Å². The summed E-state index contributed by atoms with van der Waals surface area (Å²) in [5.74, 6) is -3.71. The van der Waals surface area contributed by atoms with Gasteiger partial charge < -0.3 is 20.5 Å². The summed E-state index contributed by atoms with van der Waals surface area (Å²) in [4.78, 5) is 36.9. The van der Waals surface area contributed by atoms with Gasteiger partial charge in [0.25, 0.3) is 0 Å². The fourth-order valence-electron chi connectivity index (χ4n) is 2.34. The number of aromatic amines is 1. The number of fused-ring (bicyclic) bond motifs is 1. The molecule has 0 aliphatic rings. The number of rotatable bonds is 7. The summed E-state index contributed by atoms with van der Waals surface area (Å²) in [5.41, 5.74) is 0.812. The van der Waals surface area contributed by atoms with Gasteiger partial charge in [-0.15, -0.1) is 0 Å². The molecule has 2 atom stereocenters. The fourth-order valence-corrected chi connectivity index (χ4v) is 2.34. The molecule has 7 heteroatoms. The molecule has 0 aliphatic carbocycles. The number of carbonyl (C=O) groups excluding carboxylic acids is 1. The molecule has 1 aromatic carbocycles. The first kappa shape index (κ1) is 15.6. The number of carboxylic acid groups (broad SMARTS) is 2. The minimum Gasteiger partial charge on any atom is -0.481 e. The van der Waals surface area contributed by atoms with Crippen LogP contribution in [0.15, 0.2) is 30.3 Å². The van der Waals surface area contributed by atoms with Crippen molar-refractivity contribution in [3.8, 4) is 0 Å². The van der Waals surface area contributed by atoms with Crippen LogP contribution >= 0.6 is 0 Å². The lowest BCUT2D eigenvalue weighted by molar-refractivity contribution is -0.145. The van der Waals surface area contributed by atoms with Crippen molar-refractivity contribution in [3.63, 3.8) is 0 Å². The molecule has 0 spiro atoms. The molecule has 0 aliphatic heterocycles. The molecular weight excluding hydrogens is 288 g/mol. The second kappa shape index (κ2) is 6.30. The Morgan fingerprint density at radius 1 is 1.23 bits per heavy atom.